The average Bonchev–Trinajstić information content (AvgIpc) is 3.44. The van der Waals surface area contributed by atoms with E-state index in [1.807, 2.05) is 0 Å². The molecule has 0 aliphatic carbocycles. The van der Waals surface area contributed by atoms with Gasteiger partial charge in [-0.05, 0) is 56.3 Å². The van der Waals surface area contributed by atoms with Crippen LogP contribution in [-0.2, 0) is 0 Å². The number of rotatable bonds is 8. The lowest BCUT2D eigenvalue weighted by atomic mass is 10.2. The van der Waals surface area contributed by atoms with Gasteiger partial charge in [-0.25, -0.2) is 0 Å². The molecule has 2 aromatic heterocycles. The van der Waals surface area contributed by atoms with Gasteiger partial charge in [-0.15, -0.1) is 0 Å². The fraction of sp³-hybridized carbons (Fsp3) is 0.381. The lowest BCUT2D eigenvalue weighted by Gasteiger charge is -2.14. The van der Waals surface area contributed by atoms with Crippen LogP contribution in [0.25, 0.3) is 11.0 Å². The minimum Gasteiger partial charge on any atom is -0.360 e. The first-order chi connectivity index (χ1) is 15.4. The zero-order chi connectivity index (χ0) is 22.6. The van der Waals surface area contributed by atoms with Crippen LogP contribution >= 0.6 is 0 Å². The van der Waals surface area contributed by atoms with E-state index in [1.54, 1.807) is 36.5 Å². The van der Waals surface area contributed by atoms with E-state index in [1.165, 1.54) is 12.8 Å². The fourth-order valence-electron chi connectivity index (χ4n) is 3.59. The second-order valence-electron chi connectivity index (χ2n) is 7.61. The van der Waals surface area contributed by atoms with Crippen molar-refractivity contribution in [3.8, 4) is 0 Å². The highest BCUT2D eigenvalue weighted by Gasteiger charge is 2.27. The number of likely N-dealkylation sites (tertiary alicyclic amines) is 1. The number of carbonyl (C=O) groups excluding carboxylic acids is 1. The molecule has 0 saturated carbocycles. The van der Waals surface area contributed by atoms with Crippen molar-refractivity contribution in [2.45, 2.75) is 19.0 Å². The third-order valence-corrected chi connectivity index (χ3v) is 5.19. The number of anilines is 3. The molecule has 0 spiro atoms. The Morgan fingerprint density at radius 1 is 1.09 bits per heavy atom. The summed E-state index contributed by atoms with van der Waals surface area (Å²) in [6.07, 6.45) is -0.364. The van der Waals surface area contributed by atoms with Gasteiger partial charge in [0.2, 0.25) is 5.95 Å². The quantitative estimate of drug-likeness (QED) is 0.422. The summed E-state index contributed by atoms with van der Waals surface area (Å²) in [6.45, 7) is 2.40. The molecule has 4 N–H and O–H groups in total. The Hall–Kier alpha value is -3.34. The highest BCUT2D eigenvalue weighted by atomic mass is 19.4. The van der Waals surface area contributed by atoms with Crippen molar-refractivity contribution in [1.29, 1.82) is 0 Å². The smallest absolute Gasteiger partial charge is 0.360 e. The molecule has 1 aromatic carbocycles. The summed E-state index contributed by atoms with van der Waals surface area (Å²) in [7, 11) is 0. The number of aromatic amines is 1. The number of aromatic nitrogens is 3. The van der Waals surface area contributed by atoms with Crippen molar-refractivity contribution in [2.75, 3.05) is 43.4 Å². The van der Waals surface area contributed by atoms with Gasteiger partial charge in [0.25, 0.3) is 5.91 Å². The Labute approximate surface area is 182 Å². The number of hydrogen-bond donors (Lipinski definition) is 4. The lowest BCUT2D eigenvalue weighted by Crippen LogP contribution is -2.33. The normalized spacial score (nSPS) is 14.6. The number of halogens is 3. The number of carbonyl (C=O) groups is 1. The number of alkyl halides is 3. The van der Waals surface area contributed by atoms with Crippen molar-refractivity contribution in [2.24, 2.45) is 0 Å². The molecule has 1 amide bonds. The van der Waals surface area contributed by atoms with Crippen LogP contribution in [0, 0.1) is 0 Å². The Bertz CT molecular complexity index is 1060. The van der Waals surface area contributed by atoms with Crippen molar-refractivity contribution in [3.63, 3.8) is 0 Å². The number of fused-ring (bicyclic) bond motifs is 1. The molecule has 3 heterocycles. The Morgan fingerprint density at radius 2 is 1.84 bits per heavy atom. The predicted octanol–water partition coefficient (Wildman–Crippen LogP) is 3.50. The zero-order valence-electron chi connectivity index (χ0n) is 17.3. The summed E-state index contributed by atoms with van der Waals surface area (Å²) in [6, 6.07) is 8.34. The summed E-state index contributed by atoms with van der Waals surface area (Å²) >= 11 is 0. The minimum absolute atomic E-state index is 0.0741. The van der Waals surface area contributed by atoms with Crippen molar-refractivity contribution in [3.05, 3.63) is 42.1 Å². The van der Waals surface area contributed by atoms with Gasteiger partial charge in [-0.1, -0.05) is 0 Å². The van der Waals surface area contributed by atoms with Gasteiger partial charge in [0, 0.05) is 30.5 Å². The largest absolute Gasteiger partial charge is 0.405 e. The molecular formula is C21H24F3N7O. The molecule has 11 heteroatoms. The average molecular weight is 447 g/mol. The Kier molecular flexibility index (Phi) is 6.45. The molecule has 1 saturated heterocycles. The molecule has 0 atom stereocenters. The van der Waals surface area contributed by atoms with E-state index in [4.69, 9.17) is 0 Å². The minimum atomic E-state index is -4.37. The van der Waals surface area contributed by atoms with Gasteiger partial charge < -0.3 is 25.8 Å². The van der Waals surface area contributed by atoms with Gasteiger partial charge in [0.05, 0.1) is 5.39 Å². The van der Waals surface area contributed by atoms with E-state index in [0.29, 0.717) is 28.8 Å². The third kappa shape index (κ3) is 5.67. The Balaban J connectivity index is 1.38. The number of H-pyrrole nitrogens is 1. The molecule has 170 valence electrons. The molecule has 0 unspecified atom stereocenters. The summed E-state index contributed by atoms with van der Waals surface area (Å²) < 4.78 is 37.8. The maximum Gasteiger partial charge on any atom is 0.405 e. The van der Waals surface area contributed by atoms with E-state index in [2.05, 4.69) is 35.8 Å². The molecule has 1 aliphatic rings. The monoisotopic (exact) mass is 447 g/mol. The number of benzene rings is 1. The molecule has 3 aromatic rings. The standard InChI is InChI=1S/C21H24F3N7O/c22-21(23,24)13-27-18-16-7-8-25-17(16)29-20(30-18)28-15-5-3-14(4-6-15)19(32)26-9-12-31-10-1-2-11-31/h3-8H,1-2,9-13H2,(H,26,32)(H3,25,27,28,29,30). The van der Waals surface area contributed by atoms with Crippen LogP contribution in [0.3, 0.4) is 0 Å². The number of nitrogens with one attached hydrogen (secondary N) is 4. The molecule has 0 radical (unpaired) electrons. The molecule has 1 fully saturated rings. The van der Waals surface area contributed by atoms with E-state index >= 15 is 0 Å². The molecular weight excluding hydrogens is 423 g/mol. The van der Waals surface area contributed by atoms with Gasteiger partial charge in [-0.3, -0.25) is 4.79 Å². The molecule has 8 nitrogen and oxygen atoms in total. The lowest BCUT2D eigenvalue weighted by molar-refractivity contribution is -0.115. The number of hydrogen-bond acceptors (Lipinski definition) is 6. The molecule has 32 heavy (non-hydrogen) atoms. The van der Waals surface area contributed by atoms with Crippen LogP contribution in [-0.4, -0.2) is 64.7 Å². The van der Waals surface area contributed by atoms with E-state index < -0.39 is 12.7 Å². The first-order valence-corrected chi connectivity index (χ1v) is 10.4. The van der Waals surface area contributed by atoms with Gasteiger partial charge in [-0.2, -0.15) is 23.1 Å². The van der Waals surface area contributed by atoms with Crippen LogP contribution in [0.4, 0.5) is 30.6 Å². The second-order valence-corrected chi connectivity index (χ2v) is 7.61. The number of amides is 1. The van der Waals surface area contributed by atoms with E-state index in [-0.39, 0.29) is 17.7 Å². The van der Waals surface area contributed by atoms with Crippen molar-refractivity contribution in [1.82, 2.24) is 25.2 Å². The highest BCUT2D eigenvalue weighted by Crippen LogP contribution is 2.24. The van der Waals surface area contributed by atoms with Crippen molar-refractivity contribution >= 4 is 34.4 Å². The number of nitrogens with zero attached hydrogens (tertiary/aromatic N) is 3. The van der Waals surface area contributed by atoms with Crippen LogP contribution in [0.2, 0.25) is 0 Å². The summed E-state index contributed by atoms with van der Waals surface area (Å²) in [4.78, 5) is 26.0. The highest BCUT2D eigenvalue weighted by molar-refractivity contribution is 5.94. The predicted molar refractivity (Wildman–Crippen MR) is 116 cm³/mol. The van der Waals surface area contributed by atoms with Gasteiger partial charge in [0.15, 0.2) is 0 Å². The topological polar surface area (TPSA) is 98.0 Å². The first-order valence-electron chi connectivity index (χ1n) is 10.4. The maximum atomic E-state index is 12.6. The van der Waals surface area contributed by atoms with E-state index in [0.717, 1.165) is 19.6 Å². The Morgan fingerprint density at radius 3 is 2.56 bits per heavy atom. The third-order valence-electron chi connectivity index (χ3n) is 5.19. The molecule has 1 aliphatic heterocycles. The van der Waals surface area contributed by atoms with E-state index in [9.17, 15) is 18.0 Å². The second kappa shape index (κ2) is 9.43. The summed E-state index contributed by atoms with van der Waals surface area (Å²) in [5.41, 5.74) is 1.53. The maximum absolute atomic E-state index is 12.6. The first kappa shape index (κ1) is 21.9. The van der Waals surface area contributed by atoms with Gasteiger partial charge >= 0.3 is 6.18 Å². The van der Waals surface area contributed by atoms with Crippen LogP contribution in [0.1, 0.15) is 23.2 Å². The molecule has 0 bridgehead atoms. The summed E-state index contributed by atoms with van der Waals surface area (Å²) in [5, 5.41) is 8.65. The molecule has 4 rings (SSSR count). The fourth-order valence-corrected chi connectivity index (χ4v) is 3.59. The summed E-state index contributed by atoms with van der Waals surface area (Å²) in [5.74, 6) is 0.0518. The van der Waals surface area contributed by atoms with Crippen molar-refractivity contribution < 1.29 is 18.0 Å². The SMILES string of the molecule is O=C(NCCN1CCCC1)c1ccc(Nc2nc(NCC(F)(F)F)c3cc[nH]c3n2)cc1. The zero-order valence-corrected chi connectivity index (χ0v) is 17.3. The van der Waals surface area contributed by atoms with Crippen LogP contribution in [0.5, 0.6) is 0 Å². The van der Waals surface area contributed by atoms with Crippen LogP contribution in [0.15, 0.2) is 36.5 Å². The van der Waals surface area contributed by atoms with Crippen LogP contribution < -0.4 is 16.0 Å². The van der Waals surface area contributed by atoms with Gasteiger partial charge in [0.1, 0.15) is 18.0 Å².